The number of halogens is 2. The van der Waals surface area contributed by atoms with Crippen LogP contribution in [0.1, 0.15) is 16.7 Å². The van der Waals surface area contributed by atoms with E-state index in [-0.39, 0.29) is 11.1 Å². The predicted molar refractivity (Wildman–Crippen MR) is 76.9 cm³/mol. The molecule has 0 aliphatic carbocycles. The number of benzene rings is 1. The fourth-order valence-corrected chi connectivity index (χ4v) is 2.19. The molecule has 0 radical (unpaired) electrons. The smallest absolute Gasteiger partial charge is 0.256 e. The molecule has 3 rings (SSSR count). The SMILES string of the molecule is C=Cc1cc(C(F)(F)c2cncnc2)cc2cccnc12. The predicted octanol–water partition coefficient (Wildman–Crippen LogP) is 3.81. The molecule has 3 nitrogen and oxygen atoms in total. The Labute approximate surface area is 120 Å². The van der Waals surface area contributed by atoms with Crippen LogP contribution in [0.5, 0.6) is 0 Å². The highest BCUT2D eigenvalue weighted by atomic mass is 19.3. The fourth-order valence-electron chi connectivity index (χ4n) is 2.19. The van der Waals surface area contributed by atoms with Crippen molar-refractivity contribution >= 4 is 17.0 Å². The summed E-state index contributed by atoms with van der Waals surface area (Å²) in [6.07, 6.45) is 6.61. The van der Waals surface area contributed by atoms with Crippen LogP contribution in [0.3, 0.4) is 0 Å². The molecular formula is C16H11F2N3. The number of hydrogen-bond donors (Lipinski definition) is 0. The van der Waals surface area contributed by atoms with E-state index in [1.54, 1.807) is 18.3 Å². The highest BCUT2D eigenvalue weighted by Crippen LogP contribution is 2.37. The number of aromatic nitrogens is 3. The van der Waals surface area contributed by atoms with Crippen LogP contribution in [0.15, 0.2) is 55.8 Å². The summed E-state index contributed by atoms with van der Waals surface area (Å²) in [5.74, 6) is -3.18. The first-order valence-corrected chi connectivity index (χ1v) is 6.28. The molecule has 0 N–H and O–H groups in total. The molecule has 3 aromatic rings. The van der Waals surface area contributed by atoms with E-state index in [1.807, 2.05) is 0 Å². The first kappa shape index (κ1) is 13.3. The van der Waals surface area contributed by atoms with Gasteiger partial charge in [0.1, 0.15) is 6.33 Å². The van der Waals surface area contributed by atoms with Gasteiger partial charge >= 0.3 is 5.92 Å². The topological polar surface area (TPSA) is 38.7 Å². The number of rotatable bonds is 3. The molecule has 104 valence electrons. The van der Waals surface area contributed by atoms with Crippen molar-refractivity contribution in [3.05, 3.63) is 72.5 Å². The van der Waals surface area contributed by atoms with E-state index in [0.717, 1.165) is 12.4 Å². The molecule has 0 spiro atoms. The number of fused-ring (bicyclic) bond motifs is 1. The summed E-state index contributed by atoms with van der Waals surface area (Å²) in [7, 11) is 0. The molecule has 0 saturated heterocycles. The molecule has 0 unspecified atom stereocenters. The summed E-state index contributed by atoms with van der Waals surface area (Å²) in [5, 5.41) is 0.640. The van der Waals surface area contributed by atoms with E-state index in [0.29, 0.717) is 16.5 Å². The summed E-state index contributed by atoms with van der Waals surface area (Å²) in [4.78, 5) is 11.5. The second kappa shape index (κ2) is 5.01. The standard InChI is InChI=1S/C16H11F2N3/c1-2-11-6-13(7-12-4-3-5-21-15(11)12)16(17,18)14-8-19-10-20-9-14/h2-10H,1H2. The third-order valence-electron chi connectivity index (χ3n) is 3.24. The maximum Gasteiger partial charge on any atom is 0.301 e. The van der Waals surface area contributed by atoms with E-state index in [9.17, 15) is 8.78 Å². The fraction of sp³-hybridized carbons (Fsp3) is 0.0625. The highest BCUT2D eigenvalue weighted by molar-refractivity contribution is 5.87. The molecule has 2 aromatic heterocycles. The summed E-state index contributed by atoms with van der Waals surface area (Å²) in [6, 6.07) is 6.29. The van der Waals surface area contributed by atoms with Crippen molar-refractivity contribution in [3.63, 3.8) is 0 Å². The van der Waals surface area contributed by atoms with Gasteiger partial charge in [0.2, 0.25) is 0 Å². The Morgan fingerprint density at radius 2 is 1.86 bits per heavy atom. The van der Waals surface area contributed by atoms with Gasteiger partial charge in [-0.15, -0.1) is 0 Å². The highest BCUT2D eigenvalue weighted by Gasteiger charge is 2.35. The monoisotopic (exact) mass is 283 g/mol. The van der Waals surface area contributed by atoms with E-state index in [1.165, 1.54) is 24.5 Å². The molecule has 0 aliphatic rings. The average molecular weight is 283 g/mol. The molecular weight excluding hydrogens is 272 g/mol. The minimum atomic E-state index is -3.18. The van der Waals surface area contributed by atoms with Crippen LogP contribution in [0.25, 0.3) is 17.0 Å². The van der Waals surface area contributed by atoms with Crippen LogP contribution in [0.2, 0.25) is 0 Å². The molecule has 1 aromatic carbocycles. The van der Waals surface area contributed by atoms with Gasteiger partial charge in [-0.2, -0.15) is 8.78 Å². The molecule has 2 heterocycles. The molecule has 0 saturated carbocycles. The van der Waals surface area contributed by atoms with E-state index in [2.05, 4.69) is 21.5 Å². The van der Waals surface area contributed by atoms with Gasteiger partial charge in [-0.3, -0.25) is 4.98 Å². The van der Waals surface area contributed by atoms with Crippen molar-refractivity contribution in [2.24, 2.45) is 0 Å². The Bertz CT molecular complexity index is 801. The van der Waals surface area contributed by atoms with E-state index in [4.69, 9.17) is 0 Å². The molecule has 0 amide bonds. The van der Waals surface area contributed by atoms with E-state index < -0.39 is 5.92 Å². The molecule has 21 heavy (non-hydrogen) atoms. The van der Waals surface area contributed by atoms with Gasteiger partial charge in [-0.1, -0.05) is 18.7 Å². The van der Waals surface area contributed by atoms with Crippen molar-refractivity contribution in [3.8, 4) is 0 Å². The van der Waals surface area contributed by atoms with Crippen LogP contribution in [-0.4, -0.2) is 15.0 Å². The van der Waals surface area contributed by atoms with Gasteiger partial charge in [0.05, 0.1) is 11.1 Å². The van der Waals surface area contributed by atoms with Gasteiger partial charge in [0.15, 0.2) is 0 Å². The normalized spacial score (nSPS) is 11.5. The minimum Gasteiger partial charge on any atom is -0.256 e. The zero-order valence-electron chi connectivity index (χ0n) is 11.0. The summed E-state index contributed by atoms with van der Waals surface area (Å²) >= 11 is 0. The lowest BCUT2D eigenvalue weighted by Gasteiger charge is -2.17. The molecule has 0 bridgehead atoms. The second-order valence-corrected chi connectivity index (χ2v) is 4.55. The van der Waals surface area contributed by atoms with Crippen molar-refractivity contribution in [2.75, 3.05) is 0 Å². The summed E-state index contributed by atoms with van der Waals surface area (Å²) in [6.45, 7) is 3.67. The van der Waals surface area contributed by atoms with Crippen LogP contribution in [-0.2, 0) is 5.92 Å². The first-order valence-electron chi connectivity index (χ1n) is 6.28. The van der Waals surface area contributed by atoms with Gasteiger partial charge in [-0.05, 0) is 18.2 Å². The number of alkyl halides is 2. The third-order valence-corrected chi connectivity index (χ3v) is 3.24. The molecule has 0 atom stereocenters. The lowest BCUT2D eigenvalue weighted by molar-refractivity contribution is 0.0422. The van der Waals surface area contributed by atoms with Gasteiger partial charge in [0, 0.05) is 35.1 Å². The minimum absolute atomic E-state index is 0.132. The quantitative estimate of drug-likeness (QED) is 0.733. The van der Waals surface area contributed by atoms with Crippen LogP contribution in [0, 0.1) is 0 Å². The zero-order valence-corrected chi connectivity index (χ0v) is 11.0. The average Bonchev–Trinajstić information content (AvgIpc) is 2.54. The number of pyridine rings is 1. The lowest BCUT2D eigenvalue weighted by atomic mass is 9.97. The maximum absolute atomic E-state index is 14.6. The van der Waals surface area contributed by atoms with Crippen LogP contribution >= 0.6 is 0 Å². The summed E-state index contributed by atoms with van der Waals surface area (Å²) < 4.78 is 29.2. The Hall–Kier alpha value is -2.69. The Morgan fingerprint density at radius 3 is 2.57 bits per heavy atom. The zero-order chi connectivity index (χ0) is 14.9. The molecule has 5 heteroatoms. The Balaban J connectivity index is 2.23. The van der Waals surface area contributed by atoms with Crippen LogP contribution in [0.4, 0.5) is 8.78 Å². The molecule has 0 fully saturated rings. The van der Waals surface area contributed by atoms with Gasteiger partial charge in [0.25, 0.3) is 0 Å². The third kappa shape index (κ3) is 2.27. The number of nitrogens with zero attached hydrogens (tertiary/aromatic N) is 3. The Morgan fingerprint density at radius 1 is 1.10 bits per heavy atom. The van der Waals surface area contributed by atoms with Gasteiger partial charge < -0.3 is 0 Å². The van der Waals surface area contributed by atoms with Crippen molar-refractivity contribution in [2.45, 2.75) is 5.92 Å². The van der Waals surface area contributed by atoms with Crippen molar-refractivity contribution in [1.82, 2.24) is 15.0 Å². The molecule has 0 aliphatic heterocycles. The summed E-state index contributed by atoms with van der Waals surface area (Å²) in [5.41, 5.74) is 0.840. The van der Waals surface area contributed by atoms with Crippen molar-refractivity contribution in [1.29, 1.82) is 0 Å². The van der Waals surface area contributed by atoms with E-state index >= 15 is 0 Å². The van der Waals surface area contributed by atoms with Crippen LogP contribution < -0.4 is 0 Å². The Kier molecular flexibility index (Phi) is 3.17. The second-order valence-electron chi connectivity index (χ2n) is 4.55. The lowest BCUT2D eigenvalue weighted by Crippen LogP contribution is -2.16. The largest absolute Gasteiger partial charge is 0.301 e. The maximum atomic E-state index is 14.6. The van der Waals surface area contributed by atoms with Gasteiger partial charge in [-0.25, -0.2) is 9.97 Å². The number of hydrogen-bond acceptors (Lipinski definition) is 3. The first-order chi connectivity index (χ1) is 10.1. The van der Waals surface area contributed by atoms with Crippen molar-refractivity contribution < 1.29 is 8.78 Å².